The summed E-state index contributed by atoms with van der Waals surface area (Å²) in [5.41, 5.74) is 1.77. The SMILES string of the molecule is CCOC(=O)C1CCN(c2ncnc(N3CCC(n4nnc5ccccc54)CC3)c2[N+](=O)[O-])CC1. The summed E-state index contributed by atoms with van der Waals surface area (Å²) in [5.74, 6) is 0.271. The fourth-order valence-electron chi connectivity index (χ4n) is 5.05. The van der Waals surface area contributed by atoms with Crippen molar-refractivity contribution in [2.45, 2.75) is 38.6 Å². The van der Waals surface area contributed by atoms with Gasteiger partial charge in [0.05, 0.1) is 29.0 Å². The summed E-state index contributed by atoms with van der Waals surface area (Å²) in [6.45, 7) is 4.37. The van der Waals surface area contributed by atoms with Crippen molar-refractivity contribution in [2.75, 3.05) is 42.6 Å². The molecule has 2 fully saturated rings. The molecule has 5 rings (SSSR count). The molecular weight excluding hydrogens is 452 g/mol. The first kappa shape index (κ1) is 22.9. The van der Waals surface area contributed by atoms with Crippen molar-refractivity contribution in [1.29, 1.82) is 0 Å². The maximum absolute atomic E-state index is 12.2. The number of carbonyl (C=O) groups excluding carboxylic acids is 1. The Morgan fingerprint density at radius 3 is 2.31 bits per heavy atom. The lowest BCUT2D eigenvalue weighted by Crippen LogP contribution is -2.39. The van der Waals surface area contributed by atoms with Crippen LogP contribution in [0.1, 0.15) is 38.6 Å². The summed E-state index contributed by atoms with van der Waals surface area (Å²) < 4.78 is 7.09. The lowest BCUT2D eigenvalue weighted by molar-refractivity contribution is -0.383. The standard InChI is InChI=1S/C23H28N8O4/c1-2-35-23(32)16-7-11-28(12-8-16)21-20(31(33)34)22(25-15-24-21)29-13-9-17(10-14-29)30-19-6-4-3-5-18(19)26-27-30/h3-6,15-17H,2,7-14H2,1H3. The molecule has 0 N–H and O–H groups in total. The number of aromatic nitrogens is 5. The molecule has 0 aliphatic carbocycles. The van der Waals surface area contributed by atoms with Crippen molar-refractivity contribution in [2.24, 2.45) is 5.92 Å². The lowest BCUT2D eigenvalue weighted by atomic mass is 9.97. The van der Waals surface area contributed by atoms with Crippen molar-refractivity contribution in [3.8, 4) is 0 Å². The fourth-order valence-corrected chi connectivity index (χ4v) is 5.05. The monoisotopic (exact) mass is 480 g/mol. The third kappa shape index (κ3) is 4.47. The Kier molecular flexibility index (Phi) is 6.43. The maximum Gasteiger partial charge on any atom is 0.353 e. The maximum atomic E-state index is 12.2. The van der Waals surface area contributed by atoms with E-state index in [2.05, 4.69) is 20.3 Å². The molecule has 2 saturated heterocycles. The number of nitro groups is 1. The zero-order chi connectivity index (χ0) is 24.4. The number of fused-ring (bicyclic) bond motifs is 1. The Labute approximate surface area is 202 Å². The molecule has 2 aliphatic heterocycles. The minimum Gasteiger partial charge on any atom is -0.466 e. The summed E-state index contributed by atoms with van der Waals surface area (Å²) >= 11 is 0. The molecule has 0 atom stereocenters. The number of hydrogen-bond acceptors (Lipinski definition) is 10. The Bertz CT molecular complexity index is 1220. The highest BCUT2D eigenvalue weighted by atomic mass is 16.6. The van der Waals surface area contributed by atoms with Gasteiger partial charge in [-0.1, -0.05) is 17.3 Å². The third-order valence-electron chi connectivity index (χ3n) is 6.87. The third-order valence-corrected chi connectivity index (χ3v) is 6.87. The van der Waals surface area contributed by atoms with E-state index in [1.165, 1.54) is 6.33 Å². The van der Waals surface area contributed by atoms with Crippen LogP contribution in [-0.2, 0) is 9.53 Å². The van der Waals surface area contributed by atoms with Gasteiger partial charge in [0.1, 0.15) is 11.8 Å². The molecule has 35 heavy (non-hydrogen) atoms. The molecule has 12 heteroatoms. The molecule has 0 radical (unpaired) electrons. The van der Waals surface area contributed by atoms with E-state index in [4.69, 9.17) is 4.74 Å². The number of carbonyl (C=O) groups is 1. The van der Waals surface area contributed by atoms with Gasteiger partial charge in [0.25, 0.3) is 0 Å². The molecule has 0 amide bonds. The molecule has 2 aliphatic rings. The topological polar surface area (TPSA) is 132 Å². The molecule has 0 saturated carbocycles. The van der Waals surface area contributed by atoms with Crippen LogP contribution in [0.3, 0.4) is 0 Å². The molecule has 0 bridgehead atoms. The number of esters is 1. The van der Waals surface area contributed by atoms with Gasteiger partial charge in [0, 0.05) is 26.2 Å². The average Bonchev–Trinajstić information content (AvgIpc) is 3.33. The highest BCUT2D eigenvalue weighted by Crippen LogP contribution is 2.38. The molecule has 184 valence electrons. The quantitative estimate of drug-likeness (QED) is 0.295. The number of hydrogen-bond donors (Lipinski definition) is 0. The number of ether oxygens (including phenoxy) is 1. The minimum absolute atomic E-state index is 0.0771. The van der Waals surface area contributed by atoms with Crippen LogP contribution in [-0.4, -0.2) is 68.6 Å². The number of rotatable bonds is 6. The number of anilines is 2. The van der Waals surface area contributed by atoms with Gasteiger partial charge in [0.2, 0.25) is 11.6 Å². The van der Waals surface area contributed by atoms with Crippen LogP contribution in [0.2, 0.25) is 0 Å². The van der Waals surface area contributed by atoms with Crippen LogP contribution in [0, 0.1) is 16.0 Å². The second-order valence-corrected chi connectivity index (χ2v) is 8.88. The number of piperidine rings is 2. The van der Waals surface area contributed by atoms with Gasteiger partial charge in [-0.3, -0.25) is 14.9 Å². The van der Waals surface area contributed by atoms with Gasteiger partial charge in [0.15, 0.2) is 0 Å². The smallest absolute Gasteiger partial charge is 0.353 e. The van der Waals surface area contributed by atoms with Crippen LogP contribution >= 0.6 is 0 Å². The first-order valence-electron chi connectivity index (χ1n) is 12.0. The number of nitrogens with zero attached hydrogens (tertiary/aromatic N) is 8. The molecule has 3 aromatic rings. The van der Waals surface area contributed by atoms with E-state index in [1.807, 2.05) is 38.7 Å². The second-order valence-electron chi connectivity index (χ2n) is 8.88. The molecule has 2 aromatic heterocycles. The average molecular weight is 481 g/mol. The largest absolute Gasteiger partial charge is 0.466 e. The van der Waals surface area contributed by atoms with Crippen molar-refractivity contribution >= 4 is 34.3 Å². The molecule has 4 heterocycles. The first-order valence-corrected chi connectivity index (χ1v) is 12.0. The fraction of sp³-hybridized carbons (Fsp3) is 0.522. The van der Waals surface area contributed by atoms with Crippen molar-refractivity contribution in [3.05, 3.63) is 40.7 Å². The van der Waals surface area contributed by atoms with Gasteiger partial charge in [-0.05, 0) is 44.7 Å². The van der Waals surface area contributed by atoms with E-state index in [0.29, 0.717) is 57.3 Å². The molecule has 0 unspecified atom stereocenters. The first-order chi connectivity index (χ1) is 17.1. The molecule has 12 nitrogen and oxygen atoms in total. The lowest BCUT2D eigenvalue weighted by Gasteiger charge is -2.34. The summed E-state index contributed by atoms with van der Waals surface area (Å²) in [4.78, 5) is 36.3. The van der Waals surface area contributed by atoms with Gasteiger partial charge in [-0.25, -0.2) is 14.6 Å². The normalized spacial score (nSPS) is 17.6. The second kappa shape index (κ2) is 9.80. The zero-order valence-corrected chi connectivity index (χ0v) is 19.6. The number of benzene rings is 1. The Balaban J connectivity index is 1.32. The summed E-state index contributed by atoms with van der Waals surface area (Å²) in [6.07, 6.45) is 4.09. The van der Waals surface area contributed by atoms with Crippen molar-refractivity contribution in [1.82, 2.24) is 25.0 Å². The van der Waals surface area contributed by atoms with E-state index in [-0.39, 0.29) is 28.5 Å². The summed E-state index contributed by atoms with van der Waals surface area (Å²) in [6, 6.07) is 8.03. The van der Waals surface area contributed by atoms with Gasteiger partial charge < -0.3 is 14.5 Å². The van der Waals surface area contributed by atoms with Crippen molar-refractivity contribution in [3.63, 3.8) is 0 Å². The van der Waals surface area contributed by atoms with E-state index in [9.17, 15) is 14.9 Å². The van der Waals surface area contributed by atoms with Gasteiger partial charge >= 0.3 is 11.7 Å². The highest BCUT2D eigenvalue weighted by molar-refractivity contribution is 5.75. The molecule has 1 aromatic carbocycles. The van der Waals surface area contributed by atoms with Crippen LogP contribution in [0.4, 0.5) is 17.3 Å². The predicted octanol–water partition coefficient (Wildman–Crippen LogP) is 2.75. The molecular formula is C23H28N8O4. The molecule has 0 spiro atoms. The Morgan fingerprint density at radius 2 is 1.69 bits per heavy atom. The minimum atomic E-state index is -0.390. The number of para-hydroxylation sites is 1. The van der Waals surface area contributed by atoms with E-state index in [1.54, 1.807) is 6.92 Å². The van der Waals surface area contributed by atoms with E-state index < -0.39 is 0 Å². The van der Waals surface area contributed by atoms with Crippen LogP contribution in [0.5, 0.6) is 0 Å². The predicted molar refractivity (Wildman–Crippen MR) is 128 cm³/mol. The Hall–Kier alpha value is -3.83. The van der Waals surface area contributed by atoms with Crippen LogP contribution < -0.4 is 9.80 Å². The van der Waals surface area contributed by atoms with Crippen LogP contribution in [0.15, 0.2) is 30.6 Å². The van der Waals surface area contributed by atoms with E-state index in [0.717, 1.165) is 23.9 Å². The van der Waals surface area contributed by atoms with Crippen LogP contribution in [0.25, 0.3) is 11.0 Å². The Morgan fingerprint density at radius 1 is 1.06 bits per heavy atom. The van der Waals surface area contributed by atoms with Gasteiger partial charge in [-0.15, -0.1) is 5.10 Å². The van der Waals surface area contributed by atoms with Crippen molar-refractivity contribution < 1.29 is 14.5 Å². The highest BCUT2D eigenvalue weighted by Gasteiger charge is 2.35. The zero-order valence-electron chi connectivity index (χ0n) is 19.6. The summed E-state index contributed by atoms with van der Waals surface area (Å²) in [5, 5.41) is 20.8. The van der Waals surface area contributed by atoms with Gasteiger partial charge in [-0.2, -0.15) is 0 Å². The van der Waals surface area contributed by atoms with E-state index >= 15 is 0 Å². The summed E-state index contributed by atoms with van der Waals surface area (Å²) in [7, 11) is 0.